The molecule has 0 radical (unpaired) electrons. The normalized spacial score (nSPS) is 16.5. The molecule has 1 aliphatic rings. The van der Waals surface area contributed by atoms with Crippen LogP contribution in [0.5, 0.6) is 11.5 Å². The average Bonchev–Trinajstić information content (AvgIpc) is 2.69. The minimum atomic E-state index is -3.67. The van der Waals surface area contributed by atoms with E-state index in [2.05, 4.69) is 4.72 Å². The highest BCUT2D eigenvalue weighted by Crippen LogP contribution is 2.31. The number of hydrogen-bond donors (Lipinski definition) is 2. The lowest BCUT2D eigenvalue weighted by Crippen LogP contribution is -2.36. The van der Waals surface area contributed by atoms with Crippen molar-refractivity contribution in [3.05, 3.63) is 18.2 Å². The molecule has 0 spiro atoms. The number of aliphatic hydroxyl groups excluding tert-OH is 1. The lowest BCUT2D eigenvalue weighted by molar-refractivity contribution is 0.254. The molecule has 2 N–H and O–H groups in total. The number of nitrogens with one attached hydrogen (secondary N) is 1. The number of aliphatic hydroxyl groups is 1. The van der Waals surface area contributed by atoms with Crippen molar-refractivity contribution in [1.29, 1.82) is 0 Å². The third-order valence-corrected chi connectivity index (χ3v) is 4.58. The number of sulfonamides is 1. The lowest BCUT2D eigenvalue weighted by Gasteiger charge is -2.15. The molecule has 1 aromatic rings. The van der Waals surface area contributed by atoms with Crippen molar-refractivity contribution in [3.8, 4) is 11.5 Å². The molecular weight excluding hydrogens is 282 g/mol. The maximum absolute atomic E-state index is 12.2. The Kier molecular flexibility index (Phi) is 4.85. The molecule has 1 heterocycles. The molecule has 0 aliphatic carbocycles. The van der Waals surface area contributed by atoms with Crippen LogP contribution in [0.4, 0.5) is 0 Å². The molecule has 0 unspecified atom stereocenters. The second kappa shape index (κ2) is 6.43. The molecule has 0 saturated carbocycles. The van der Waals surface area contributed by atoms with Gasteiger partial charge in [-0.05, 0) is 18.6 Å². The van der Waals surface area contributed by atoms with Crippen LogP contribution >= 0.6 is 0 Å². The van der Waals surface area contributed by atoms with Gasteiger partial charge in [0.1, 0.15) is 0 Å². The molecule has 0 aromatic heterocycles. The van der Waals surface area contributed by atoms with E-state index < -0.39 is 16.1 Å². The first-order valence-electron chi connectivity index (χ1n) is 6.59. The average molecular weight is 301 g/mol. The van der Waals surface area contributed by atoms with Gasteiger partial charge in [-0.2, -0.15) is 0 Å². The highest BCUT2D eigenvalue weighted by Gasteiger charge is 2.21. The van der Waals surface area contributed by atoms with Crippen molar-refractivity contribution in [2.45, 2.75) is 30.7 Å². The van der Waals surface area contributed by atoms with E-state index in [4.69, 9.17) is 14.6 Å². The summed E-state index contributed by atoms with van der Waals surface area (Å²) in [4.78, 5) is 0.105. The smallest absolute Gasteiger partial charge is 0.241 e. The topological polar surface area (TPSA) is 84.9 Å². The summed E-state index contributed by atoms with van der Waals surface area (Å²) in [6, 6.07) is 4.03. The molecule has 6 nitrogen and oxygen atoms in total. The standard InChI is InChI=1S/C13H19NO5S/c1-2-10(9-15)14-20(16,17)11-4-5-12-13(8-11)19-7-3-6-18-12/h4-5,8,10,14-15H,2-3,6-7,9H2,1H3/t10-/m0/s1. The second-order valence-electron chi connectivity index (χ2n) is 4.57. The van der Waals surface area contributed by atoms with Crippen LogP contribution in [0, 0.1) is 0 Å². The Morgan fingerprint density at radius 3 is 2.65 bits per heavy atom. The van der Waals surface area contributed by atoms with E-state index in [1.807, 2.05) is 0 Å². The monoisotopic (exact) mass is 301 g/mol. The molecule has 20 heavy (non-hydrogen) atoms. The van der Waals surface area contributed by atoms with Crippen molar-refractivity contribution < 1.29 is 23.0 Å². The molecule has 1 atom stereocenters. The molecule has 0 fully saturated rings. The van der Waals surface area contributed by atoms with Crippen LogP contribution < -0.4 is 14.2 Å². The van der Waals surface area contributed by atoms with Crippen molar-refractivity contribution in [1.82, 2.24) is 4.72 Å². The van der Waals surface area contributed by atoms with Gasteiger partial charge in [-0.15, -0.1) is 0 Å². The minimum absolute atomic E-state index is 0.105. The Balaban J connectivity index is 2.26. The van der Waals surface area contributed by atoms with Crippen LogP contribution in [0.1, 0.15) is 19.8 Å². The molecule has 0 amide bonds. The van der Waals surface area contributed by atoms with Gasteiger partial charge >= 0.3 is 0 Å². The third kappa shape index (κ3) is 3.41. The van der Waals surface area contributed by atoms with Crippen LogP contribution in [-0.2, 0) is 10.0 Å². The fourth-order valence-corrected chi connectivity index (χ4v) is 3.17. The quantitative estimate of drug-likeness (QED) is 0.844. The van der Waals surface area contributed by atoms with Crippen molar-refractivity contribution in [3.63, 3.8) is 0 Å². The summed E-state index contributed by atoms with van der Waals surface area (Å²) in [5.74, 6) is 0.984. The van der Waals surface area contributed by atoms with Gasteiger partial charge in [-0.25, -0.2) is 13.1 Å². The maximum atomic E-state index is 12.2. The molecule has 1 aliphatic heterocycles. The Labute approximate surface area is 118 Å². The predicted molar refractivity (Wildman–Crippen MR) is 73.5 cm³/mol. The largest absolute Gasteiger partial charge is 0.490 e. The summed E-state index contributed by atoms with van der Waals surface area (Å²) in [7, 11) is -3.67. The summed E-state index contributed by atoms with van der Waals surface area (Å²) in [6.07, 6.45) is 1.28. The fourth-order valence-electron chi connectivity index (χ4n) is 1.85. The summed E-state index contributed by atoms with van der Waals surface area (Å²) in [5.41, 5.74) is 0. The first-order valence-corrected chi connectivity index (χ1v) is 8.08. The number of hydrogen-bond acceptors (Lipinski definition) is 5. The van der Waals surface area contributed by atoms with Gasteiger partial charge in [0.15, 0.2) is 11.5 Å². The highest BCUT2D eigenvalue weighted by atomic mass is 32.2. The van der Waals surface area contributed by atoms with Gasteiger partial charge in [0.25, 0.3) is 0 Å². The van der Waals surface area contributed by atoms with E-state index in [9.17, 15) is 8.42 Å². The van der Waals surface area contributed by atoms with E-state index in [1.165, 1.54) is 12.1 Å². The predicted octanol–water partition coefficient (Wildman–Crippen LogP) is 0.897. The fraction of sp³-hybridized carbons (Fsp3) is 0.538. The summed E-state index contributed by atoms with van der Waals surface area (Å²) in [6.45, 7) is 2.62. The Morgan fingerprint density at radius 2 is 2.00 bits per heavy atom. The van der Waals surface area contributed by atoms with E-state index >= 15 is 0 Å². The number of fused-ring (bicyclic) bond motifs is 1. The Morgan fingerprint density at radius 1 is 1.30 bits per heavy atom. The molecular formula is C13H19NO5S. The van der Waals surface area contributed by atoms with Crippen LogP contribution in [0.2, 0.25) is 0 Å². The van der Waals surface area contributed by atoms with Crippen molar-refractivity contribution >= 4 is 10.0 Å². The van der Waals surface area contributed by atoms with Crippen LogP contribution in [0.15, 0.2) is 23.1 Å². The lowest BCUT2D eigenvalue weighted by atomic mass is 10.3. The Hall–Kier alpha value is -1.31. The zero-order chi connectivity index (χ0) is 14.6. The molecule has 0 bridgehead atoms. The highest BCUT2D eigenvalue weighted by molar-refractivity contribution is 7.89. The van der Waals surface area contributed by atoms with E-state index in [-0.39, 0.29) is 11.5 Å². The first-order chi connectivity index (χ1) is 9.56. The second-order valence-corrected chi connectivity index (χ2v) is 6.28. The van der Waals surface area contributed by atoms with Gasteiger partial charge in [0, 0.05) is 18.5 Å². The van der Waals surface area contributed by atoms with E-state index in [0.717, 1.165) is 6.42 Å². The van der Waals surface area contributed by atoms with Gasteiger partial charge in [-0.3, -0.25) is 0 Å². The van der Waals surface area contributed by atoms with E-state index in [1.54, 1.807) is 13.0 Å². The number of benzene rings is 1. The zero-order valence-electron chi connectivity index (χ0n) is 11.3. The molecule has 1 aromatic carbocycles. The maximum Gasteiger partial charge on any atom is 0.241 e. The van der Waals surface area contributed by atoms with Gasteiger partial charge in [0.2, 0.25) is 10.0 Å². The van der Waals surface area contributed by atoms with Crippen molar-refractivity contribution in [2.24, 2.45) is 0 Å². The van der Waals surface area contributed by atoms with Crippen molar-refractivity contribution in [2.75, 3.05) is 19.8 Å². The zero-order valence-corrected chi connectivity index (χ0v) is 12.1. The van der Waals surface area contributed by atoms with Gasteiger partial charge < -0.3 is 14.6 Å². The van der Waals surface area contributed by atoms with Crippen LogP contribution in [0.3, 0.4) is 0 Å². The summed E-state index contributed by atoms with van der Waals surface area (Å²) in [5, 5.41) is 9.09. The SMILES string of the molecule is CC[C@@H](CO)NS(=O)(=O)c1ccc2c(c1)OCCCO2. The third-order valence-electron chi connectivity index (χ3n) is 3.06. The van der Waals surface area contributed by atoms with Gasteiger partial charge in [-0.1, -0.05) is 6.92 Å². The van der Waals surface area contributed by atoms with E-state index in [0.29, 0.717) is 31.1 Å². The van der Waals surface area contributed by atoms with Gasteiger partial charge in [0.05, 0.1) is 24.7 Å². The Bertz CT molecular complexity index is 554. The molecule has 2 rings (SSSR count). The number of ether oxygens (including phenoxy) is 2. The molecule has 7 heteroatoms. The van der Waals surface area contributed by atoms with Crippen LogP contribution in [-0.4, -0.2) is 39.4 Å². The minimum Gasteiger partial charge on any atom is -0.490 e. The number of rotatable bonds is 5. The molecule has 0 saturated heterocycles. The molecule has 112 valence electrons. The summed E-state index contributed by atoms with van der Waals surface area (Å²) >= 11 is 0. The summed E-state index contributed by atoms with van der Waals surface area (Å²) < 4.78 is 37.8. The first kappa shape index (κ1) is 15.1. The van der Waals surface area contributed by atoms with Crippen LogP contribution in [0.25, 0.3) is 0 Å².